The summed E-state index contributed by atoms with van der Waals surface area (Å²) in [5.74, 6) is 3.81. The van der Waals surface area contributed by atoms with Crippen molar-refractivity contribution < 1.29 is 4.74 Å². The summed E-state index contributed by atoms with van der Waals surface area (Å²) >= 11 is 0. The lowest BCUT2D eigenvalue weighted by atomic mass is 9.69. The molecule has 2 aliphatic carbocycles. The van der Waals surface area contributed by atoms with Gasteiger partial charge in [0.2, 0.25) is 0 Å². The number of unbranched alkanes of at least 4 members (excludes halogenated alkanes) is 2. The second kappa shape index (κ2) is 11.3. The number of hydrogen-bond donors (Lipinski definition) is 0. The molecule has 0 unspecified atom stereocenters. The van der Waals surface area contributed by atoms with E-state index in [2.05, 4.69) is 26.0 Å². The molecule has 0 spiro atoms. The van der Waals surface area contributed by atoms with Crippen molar-refractivity contribution in [3.63, 3.8) is 0 Å². The number of rotatable bonds is 9. The van der Waals surface area contributed by atoms with Gasteiger partial charge in [-0.25, -0.2) is 0 Å². The summed E-state index contributed by atoms with van der Waals surface area (Å²) in [4.78, 5) is 0. The van der Waals surface area contributed by atoms with Crippen molar-refractivity contribution >= 4 is 0 Å². The zero-order valence-corrected chi connectivity index (χ0v) is 15.8. The van der Waals surface area contributed by atoms with E-state index in [-0.39, 0.29) is 0 Å². The molecule has 0 aromatic heterocycles. The Morgan fingerprint density at radius 2 is 1.48 bits per heavy atom. The first-order valence-electron chi connectivity index (χ1n) is 10.6. The normalized spacial score (nSPS) is 32.4. The van der Waals surface area contributed by atoms with Gasteiger partial charge in [-0.3, -0.25) is 0 Å². The van der Waals surface area contributed by atoms with E-state index >= 15 is 0 Å². The third-order valence-electron chi connectivity index (χ3n) is 6.21. The Balaban J connectivity index is 1.60. The summed E-state index contributed by atoms with van der Waals surface area (Å²) in [6.45, 7) is 6.46. The topological polar surface area (TPSA) is 9.23 Å². The monoisotopic (exact) mass is 320 g/mol. The molecule has 0 N–H and O–H groups in total. The average Bonchev–Trinajstić information content (AvgIpc) is 2.60. The minimum Gasteiger partial charge on any atom is -0.381 e. The van der Waals surface area contributed by atoms with Crippen LogP contribution < -0.4 is 0 Å². The Morgan fingerprint density at radius 3 is 2.09 bits per heavy atom. The lowest BCUT2D eigenvalue weighted by molar-refractivity contribution is 0.0662. The first kappa shape index (κ1) is 19.0. The summed E-state index contributed by atoms with van der Waals surface area (Å²) in [7, 11) is 0. The fourth-order valence-electron chi connectivity index (χ4n) is 4.64. The van der Waals surface area contributed by atoms with Crippen LogP contribution in [-0.2, 0) is 4.74 Å². The molecule has 0 radical (unpaired) electrons. The van der Waals surface area contributed by atoms with Gasteiger partial charge in [0.05, 0.1) is 0 Å². The van der Waals surface area contributed by atoms with Crippen LogP contribution in [0.4, 0.5) is 0 Å². The second-order valence-electron chi connectivity index (χ2n) is 8.10. The molecule has 23 heavy (non-hydrogen) atoms. The lowest BCUT2D eigenvalue weighted by Gasteiger charge is -2.37. The van der Waals surface area contributed by atoms with Gasteiger partial charge in [0.1, 0.15) is 0 Å². The standard InChI is InChI=1S/C22H40O/c1-3-5-6-7-8-19-9-13-21(14-10-19)22-15-11-20(12-16-22)18-23-17-4-2/h7-8,19-22H,3-6,9-18H2,1-2H3/b8-7+/t19-,20?,21-,22?. The molecule has 0 aromatic carbocycles. The van der Waals surface area contributed by atoms with Crippen molar-refractivity contribution in [2.75, 3.05) is 13.2 Å². The summed E-state index contributed by atoms with van der Waals surface area (Å²) in [5.41, 5.74) is 0. The van der Waals surface area contributed by atoms with Gasteiger partial charge in [0.25, 0.3) is 0 Å². The van der Waals surface area contributed by atoms with Crippen LogP contribution >= 0.6 is 0 Å². The largest absolute Gasteiger partial charge is 0.381 e. The smallest absolute Gasteiger partial charge is 0.0494 e. The van der Waals surface area contributed by atoms with Crippen LogP contribution in [0, 0.1) is 23.7 Å². The average molecular weight is 321 g/mol. The molecule has 0 bridgehead atoms. The van der Waals surface area contributed by atoms with Crippen molar-refractivity contribution in [2.24, 2.45) is 23.7 Å². The van der Waals surface area contributed by atoms with Crippen LogP contribution in [0.5, 0.6) is 0 Å². The predicted octanol–water partition coefficient (Wildman–Crippen LogP) is 6.77. The Bertz CT molecular complexity index is 306. The Hall–Kier alpha value is -0.300. The quantitative estimate of drug-likeness (QED) is 0.336. The highest BCUT2D eigenvalue weighted by atomic mass is 16.5. The molecule has 134 valence electrons. The van der Waals surface area contributed by atoms with Gasteiger partial charge >= 0.3 is 0 Å². The van der Waals surface area contributed by atoms with Gasteiger partial charge in [0.15, 0.2) is 0 Å². The molecular weight excluding hydrogens is 280 g/mol. The molecule has 0 aromatic rings. The maximum absolute atomic E-state index is 5.76. The number of ether oxygens (including phenoxy) is 1. The van der Waals surface area contributed by atoms with Crippen molar-refractivity contribution in [3.05, 3.63) is 12.2 Å². The summed E-state index contributed by atoms with van der Waals surface area (Å²) in [6.07, 6.45) is 21.8. The predicted molar refractivity (Wildman–Crippen MR) is 101 cm³/mol. The van der Waals surface area contributed by atoms with Crippen LogP contribution in [0.2, 0.25) is 0 Å². The fraction of sp³-hybridized carbons (Fsp3) is 0.909. The minimum absolute atomic E-state index is 0.857. The van der Waals surface area contributed by atoms with Crippen LogP contribution in [0.3, 0.4) is 0 Å². The summed E-state index contributed by atoms with van der Waals surface area (Å²) in [6, 6.07) is 0. The molecule has 2 saturated carbocycles. The summed E-state index contributed by atoms with van der Waals surface area (Å²) in [5, 5.41) is 0. The van der Waals surface area contributed by atoms with Gasteiger partial charge in [-0.05, 0) is 87.9 Å². The highest BCUT2D eigenvalue weighted by molar-refractivity contribution is 4.92. The lowest BCUT2D eigenvalue weighted by Crippen LogP contribution is -2.26. The zero-order valence-electron chi connectivity index (χ0n) is 15.8. The molecular formula is C22H40O. The van der Waals surface area contributed by atoms with Crippen LogP contribution in [0.15, 0.2) is 12.2 Å². The Kier molecular flexibility index (Phi) is 9.34. The third-order valence-corrected chi connectivity index (χ3v) is 6.21. The van der Waals surface area contributed by atoms with E-state index < -0.39 is 0 Å². The molecule has 0 atom stereocenters. The van der Waals surface area contributed by atoms with E-state index in [0.717, 1.165) is 43.3 Å². The van der Waals surface area contributed by atoms with Crippen LogP contribution in [0.1, 0.15) is 90.9 Å². The van der Waals surface area contributed by atoms with Crippen LogP contribution in [0.25, 0.3) is 0 Å². The van der Waals surface area contributed by atoms with Crippen molar-refractivity contribution in [3.8, 4) is 0 Å². The molecule has 1 heteroatoms. The third kappa shape index (κ3) is 6.99. The van der Waals surface area contributed by atoms with E-state index in [9.17, 15) is 0 Å². The summed E-state index contributed by atoms with van der Waals surface area (Å²) < 4.78 is 5.76. The Labute approximate surface area is 145 Å². The maximum Gasteiger partial charge on any atom is 0.0494 e. The zero-order chi connectivity index (χ0) is 16.3. The van der Waals surface area contributed by atoms with Crippen molar-refractivity contribution in [1.82, 2.24) is 0 Å². The molecule has 0 heterocycles. The number of allylic oxidation sites excluding steroid dienone is 2. The Morgan fingerprint density at radius 1 is 0.826 bits per heavy atom. The molecule has 0 amide bonds. The fourth-order valence-corrected chi connectivity index (χ4v) is 4.64. The highest BCUT2D eigenvalue weighted by Crippen LogP contribution is 2.41. The molecule has 2 rings (SSSR count). The highest BCUT2D eigenvalue weighted by Gasteiger charge is 2.30. The minimum atomic E-state index is 0.857. The van der Waals surface area contributed by atoms with Crippen molar-refractivity contribution in [2.45, 2.75) is 90.9 Å². The maximum atomic E-state index is 5.76. The van der Waals surface area contributed by atoms with E-state index in [1.165, 1.54) is 70.6 Å². The van der Waals surface area contributed by atoms with Gasteiger partial charge in [-0.1, -0.05) is 38.8 Å². The molecule has 0 saturated heterocycles. The van der Waals surface area contributed by atoms with Gasteiger partial charge in [0, 0.05) is 13.2 Å². The molecule has 2 aliphatic rings. The van der Waals surface area contributed by atoms with E-state index in [0.29, 0.717) is 0 Å². The van der Waals surface area contributed by atoms with Crippen LogP contribution in [-0.4, -0.2) is 13.2 Å². The van der Waals surface area contributed by atoms with Crippen molar-refractivity contribution in [1.29, 1.82) is 0 Å². The number of hydrogen-bond acceptors (Lipinski definition) is 1. The van der Waals surface area contributed by atoms with E-state index in [1.807, 2.05) is 0 Å². The second-order valence-corrected chi connectivity index (χ2v) is 8.10. The first-order valence-corrected chi connectivity index (χ1v) is 10.6. The molecule has 1 nitrogen and oxygen atoms in total. The molecule has 2 fully saturated rings. The van der Waals surface area contributed by atoms with Gasteiger partial charge in [-0.2, -0.15) is 0 Å². The van der Waals surface area contributed by atoms with Gasteiger partial charge in [-0.15, -0.1) is 0 Å². The van der Waals surface area contributed by atoms with E-state index in [1.54, 1.807) is 0 Å². The molecule has 0 aliphatic heterocycles. The first-order chi connectivity index (χ1) is 11.3. The van der Waals surface area contributed by atoms with E-state index in [4.69, 9.17) is 4.74 Å². The SMILES string of the molecule is CCCC/C=C/[C@H]1CC[C@H](C2CCC(COCCC)CC2)CC1. The van der Waals surface area contributed by atoms with Gasteiger partial charge < -0.3 is 4.74 Å².